The first kappa shape index (κ1) is 13.7. The van der Waals surface area contributed by atoms with Gasteiger partial charge in [-0.05, 0) is 61.2 Å². The van der Waals surface area contributed by atoms with Gasteiger partial charge in [0.15, 0.2) is 0 Å². The molecular formula is C18H20N2O. The van der Waals surface area contributed by atoms with Crippen LogP contribution in [0.15, 0.2) is 36.4 Å². The summed E-state index contributed by atoms with van der Waals surface area (Å²) in [6.45, 7) is 5.06. The Morgan fingerprint density at radius 1 is 1.14 bits per heavy atom. The van der Waals surface area contributed by atoms with Crippen molar-refractivity contribution in [3.63, 3.8) is 0 Å². The van der Waals surface area contributed by atoms with Crippen molar-refractivity contribution in [2.24, 2.45) is 0 Å². The monoisotopic (exact) mass is 280 g/mol. The molecule has 0 radical (unpaired) electrons. The molecule has 0 fully saturated rings. The Bertz CT molecular complexity index is 706. The largest absolute Gasteiger partial charge is 0.374 e. The van der Waals surface area contributed by atoms with Crippen molar-refractivity contribution in [1.29, 1.82) is 0 Å². The molecule has 0 saturated heterocycles. The van der Waals surface area contributed by atoms with E-state index in [1.165, 1.54) is 11.3 Å². The fraction of sp³-hybridized carbons (Fsp3) is 0.278. The van der Waals surface area contributed by atoms with Crippen LogP contribution in [0.2, 0.25) is 0 Å². The Balaban J connectivity index is 1.84. The lowest BCUT2D eigenvalue weighted by Crippen LogP contribution is -2.14. The average Bonchev–Trinajstić information content (AvgIpc) is 2.84. The maximum absolute atomic E-state index is 12.4. The fourth-order valence-corrected chi connectivity index (χ4v) is 2.77. The summed E-state index contributed by atoms with van der Waals surface area (Å²) in [7, 11) is 2.09. The zero-order chi connectivity index (χ0) is 15.0. The van der Waals surface area contributed by atoms with Crippen LogP contribution >= 0.6 is 0 Å². The van der Waals surface area contributed by atoms with Crippen molar-refractivity contribution in [2.45, 2.75) is 20.3 Å². The molecule has 1 N–H and O–H groups in total. The SMILES string of the molecule is Cc1ccc(C)c(NC(=O)c2ccc3c(c2)CCN3C)c1. The Hall–Kier alpha value is -2.29. The number of hydrogen-bond donors (Lipinski definition) is 1. The van der Waals surface area contributed by atoms with Crippen LogP contribution in [0.4, 0.5) is 11.4 Å². The van der Waals surface area contributed by atoms with Gasteiger partial charge in [0, 0.05) is 30.5 Å². The van der Waals surface area contributed by atoms with Gasteiger partial charge in [0.1, 0.15) is 0 Å². The molecule has 1 aliphatic heterocycles. The highest BCUT2D eigenvalue weighted by Gasteiger charge is 2.17. The molecule has 21 heavy (non-hydrogen) atoms. The highest BCUT2D eigenvalue weighted by Crippen LogP contribution is 2.27. The second kappa shape index (κ2) is 5.24. The number of aryl methyl sites for hydroxylation is 2. The Morgan fingerprint density at radius 2 is 1.95 bits per heavy atom. The van der Waals surface area contributed by atoms with Crippen molar-refractivity contribution in [2.75, 3.05) is 23.8 Å². The molecule has 2 aromatic carbocycles. The fourth-order valence-electron chi connectivity index (χ4n) is 2.77. The predicted octanol–water partition coefficient (Wildman–Crippen LogP) is 3.55. The summed E-state index contributed by atoms with van der Waals surface area (Å²) in [5.74, 6) is -0.0407. The summed E-state index contributed by atoms with van der Waals surface area (Å²) >= 11 is 0. The van der Waals surface area contributed by atoms with E-state index in [1.54, 1.807) is 0 Å². The Morgan fingerprint density at radius 3 is 2.76 bits per heavy atom. The first-order valence-corrected chi connectivity index (χ1v) is 7.27. The van der Waals surface area contributed by atoms with Gasteiger partial charge in [0.2, 0.25) is 0 Å². The molecule has 2 aromatic rings. The first-order chi connectivity index (χ1) is 10.0. The van der Waals surface area contributed by atoms with Crippen LogP contribution in [0, 0.1) is 13.8 Å². The van der Waals surface area contributed by atoms with E-state index in [1.807, 2.05) is 44.2 Å². The van der Waals surface area contributed by atoms with Gasteiger partial charge in [-0.2, -0.15) is 0 Å². The molecule has 1 amide bonds. The predicted molar refractivity (Wildman–Crippen MR) is 87.3 cm³/mol. The topological polar surface area (TPSA) is 32.3 Å². The molecular weight excluding hydrogens is 260 g/mol. The third-order valence-corrected chi connectivity index (χ3v) is 4.11. The molecule has 3 rings (SSSR count). The Kier molecular flexibility index (Phi) is 3.42. The number of rotatable bonds is 2. The van der Waals surface area contributed by atoms with E-state index >= 15 is 0 Å². The van der Waals surface area contributed by atoms with E-state index in [4.69, 9.17) is 0 Å². The number of hydrogen-bond acceptors (Lipinski definition) is 2. The molecule has 0 spiro atoms. The number of benzene rings is 2. The van der Waals surface area contributed by atoms with E-state index in [2.05, 4.69) is 23.3 Å². The van der Waals surface area contributed by atoms with Crippen LogP contribution in [0.5, 0.6) is 0 Å². The van der Waals surface area contributed by atoms with Gasteiger partial charge in [-0.1, -0.05) is 12.1 Å². The Labute approximate surface area is 125 Å². The maximum Gasteiger partial charge on any atom is 0.255 e. The molecule has 3 heteroatoms. The lowest BCUT2D eigenvalue weighted by molar-refractivity contribution is 0.102. The minimum Gasteiger partial charge on any atom is -0.374 e. The van der Waals surface area contributed by atoms with E-state index in [9.17, 15) is 4.79 Å². The van der Waals surface area contributed by atoms with Gasteiger partial charge < -0.3 is 10.2 Å². The number of nitrogens with zero attached hydrogens (tertiary/aromatic N) is 1. The molecule has 108 valence electrons. The standard InChI is InChI=1S/C18H20N2O/c1-12-4-5-13(2)16(10-12)19-18(21)15-6-7-17-14(11-15)8-9-20(17)3/h4-7,10-11H,8-9H2,1-3H3,(H,19,21). The van der Waals surface area contributed by atoms with Crippen LogP contribution in [0.1, 0.15) is 27.0 Å². The molecule has 0 aliphatic carbocycles. The molecule has 0 unspecified atom stereocenters. The van der Waals surface area contributed by atoms with E-state index in [0.29, 0.717) is 0 Å². The number of fused-ring (bicyclic) bond motifs is 1. The molecule has 0 atom stereocenters. The zero-order valence-corrected chi connectivity index (χ0v) is 12.7. The molecule has 1 aliphatic rings. The number of carbonyl (C=O) groups excluding carboxylic acids is 1. The third kappa shape index (κ3) is 2.64. The lowest BCUT2D eigenvalue weighted by atomic mass is 10.1. The van der Waals surface area contributed by atoms with Gasteiger partial charge in [-0.15, -0.1) is 0 Å². The van der Waals surface area contributed by atoms with E-state index in [-0.39, 0.29) is 5.91 Å². The second-order valence-electron chi connectivity index (χ2n) is 5.79. The third-order valence-electron chi connectivity index (χ3n) is 4.11. The quantitative estimate of drug-likeness (QED) is 0.912. The van der Waals surface area contributed by atoms with Crippen molar-refractivity contribution in [3.8, 4) is 0 Å². The highest BCUT2D eigenvalue weighted by atomic mass is 16.1. The van der Waals surface area contributed by atoms with Crippen LogP contribution in [-0.2, 0) is 6.42 Å². The van der Waals surface area contributed by atoms with Gasteiger partial charge in [0.25, 0.3) is 5.91 Å². The zero-order valence-electron chi connectivity index (χ0n) is 12.7. The summed E-state index contributed by atoms with van der Waals surface area (Å²) in [5.41, 5.74) is 6.33. The van der Waals surface area contributed by atoms with Crippen molar-refractivity contribution >= 4 is 17.3 Å². The molecule has 0 saturated carbocycles. The second-order valence-corrected chi connectivity index (χ2v) is 5.79. The summed E-state index contributed by atoms with van der Waals surface area (Å²) in [6.07, 6.45) is 1.01. The van der Waals surface area contributed by atoms with Crippen molar-refractivity contribution in [3.05, 3.63) is 58.7 Å². The minimum atomic E-state index is -0.0407. The molecule has 0 aromatic heterocycles. The highest BCUT2D eigenvalue weighted by molar-refractivity contribution is 6.05. The first-order valence-electron chi connectivity index (χ1n) is 7.27. The van der Waals surface area contributed by atoms with E-state index in [0.717, 1.165) is 35.3 Å². The molecule has 3 nitrogen and oxygen atoms in total. The number of nitrogens with one attached hydrogen (secondary N) is 1. The van der Waals surface area contributed by atoms with Gasteiger partial charge in [-0.3, -0.25) is 4.79 Å². The van der Waals surface area contributed by atoms with E-state index < -0.39 is 0 Å². The normalized spacial score (nSPS) is 13.2. The summed E-state index contributed by atoms with van der Waals surface area (Å²) in [4.78, 5) is 14.7. The van der Waals surface area contributed by atoms with Crippen LogP contribution in [0.25, 0.3) is 0 Å². The van der Waals surface area contributed by atoms with Crippen LogP contribution < -0.4 is 10.2 Å². The average molecular weight is 280 g/mol. The van der Waals surface area contributed by atoms with Crippen LogP contribution in [0.3, 0.4) is 0 Å². The lowest BCUT2D eigenvalue weighted by Gasteiger charge is -2.13. The number of carbonyl (C=O) groups is 1. The summed E-state index contributed by atoms with van der Waals surface area (Å²) in [6, 6.07) is 12.0. The number of amides is 1. The number of likely N-dealkylation sites (N-methyl/N-ethyl adjacent to an activating group) is 1. The van der Waals surface area contributed by atoms with Gasteiger partial charge in [-0.25, -0.2) is 0 Å². The minimum absolute atomic E-state index is 0.0407. The van der Waals surface area contributed by atoms with Crippen LogP contribution in [-0.4, -0.2) is 19.5 Å². The maximum atomic E-state index is 12.4. The number of anilines is 2. The van der Waals surface area contributed by atoms with Crippen molar-refractivity contribution < 1.29 is 4.79 Å². The summed E-state index contributed by atoms with van der Waals surface area (Å²) in [5, 5.41) is 3.02. The van der Waals surface area contributed by atoms with Crippen molar-refractivity contribution in [1.82, 2.24) is 0 Å². The summed E-state index contributed by atoms with van der Waals surface area (Å²) < 4.78 is 0. The van der Waals surface area contributed by atoms with Gasteiger partial charge in [0.05, 0.1) is 0 Å². The van der Waals surface area contributed by atoms with Gasteiger partial charge >= 0.3 is 0 Å². The molecule has 0 bridgehead atoms. The molecule has 1 heterocycles. The smallest absolute Gasteiger partial charge is 0.255 e.